The van der Waals surface area contributed by atoms with Gasteiger partial charge in [-0.2, -0.15) is 0 Å². The molecule has 78 valence electrons. The Morgan fingerprint density at radius 2 is 2.00 bits per heavy atom. The van der Waals surface area contributed by atoms with Crippen LogP contribution in [0.2, 0.25) is 0 Å². The van der Waals surface area contributed by atoms with Gasteiger partial charge in [-0.25, -0.2) is 0 Å². The molecule has 1 aromatic carbocycles. The van der Waals surface area contributed by atoms with E-state index in [1.165, 1.54) is 5.56 Å². The van der Waals surface area contributed by atoms with Gasteiger partial charge >= 0.3 is 0 Å². The van der Waals surface area contributed by atoms with Crippen molar-refractivity contribution in [3.63, 3.8) is 0 Å². The minimum atomic E-state index is -0.226. The van der Waals surface area contributed by atoms with Crippen LogP contribution >= 0.6 is 0 Å². The third kappa shape index (κ3) is 3.46. The molecule has 0 aliphatic carbocycles. The molecule has 0 saturated carbocycles. The molecule has 0 aliphatic heterocycles. The molecule has 14 heavy (non-hydrogen) atoms. The fraction of sp³-hybridized carbons (Fsp3) is 0.455. The summed E-state index contributed by atoms with van der Waals surface area (Å²) >= 11 is 0. The Kier molecular flexibility index (Phi) is 4.59. The zero-order chi connectivity index (χ0) is 10.4. The summed E-state index contributed by atoms with van der Waals surface area (Å²) in [5.74, 6) is 0. The molecular weight excluding hydrogens is 178 g/mol. The highest BCUT2D eigenvalue weighted by molar-refractivity contribution is 5.21. The van der Waals surface area contributed by atoms with Crippen molar-refractivity contribution in [2.75, 3.05) is 13.2 Å². The normalized spacial score (nSPS) is 10.9. The molecule has 0 unspecified atom stereocenters. The topological polar surface area (TPSA) is 52.5 Å². The lowest BCUT2D eigenvalue weighted by atomic mass is 10.1. The van der Waals surface area contributed by atoms with Crippen LogP contribution in [-0.4, -0.2) is 29.5 Å². The smallest absolute Gasteiger partial charge is 0.0607 e. The second-order valence-corrected chi connectivity index (χ2v) is 3.43. The van der Waals surface area contributed by atoms with E-state index in [2.05, 4.69) is 11.4 Å². The molecule has 0 bridgehead atoms. The van der Waals surface area contributed by atoms with Gasteiger partial charge in [0, 0.05) is 6.54 Å². The summed E-state index contributed by atoms with van der Waals surface area (Å²) in [6.45, 7) is 2.64. The molecular formula is C11H17NO2. The van der Waals surface area contributed by atoms with Crippen LogP contribution in [0.15, 0.2) is 24.3 Å². The number of nitrogens with one attached hydrogen (secondary N) is 1. The van der Waals surface area contributed by atoms with Crippen LogP contribution in [0.4, 0.5) is 0 Å². The van der Waals surface area contributed by atoms with E-state index in [0.29, 0.717) is 6.54 Å². The highest BCUT2D eigenvalue weighted by atomic mass is 16.3. The first-order chi connectivity index (χ1) is 6.76. The third-order valence-corrected chi connectivity index (χ3v) is 2.12. The maximum atomic E-state index is 8.84. The zero-order valence-corrected chi connectivity index (χ0v) is 8.40. The first-order valence-corrected chi connectivity index (χ1v) is 4.77. The average Bonchev–Trinajstić information content (AvgIpc) is 2.19. The lowest BCUT2D eigenvalue weighted by Crippen LogP contribution is -2.35. The van der Waals surface area contributed by atoms with Crippen LogP contribution in [0.5, 0.6) is 0 Å². The molecule has 3 nitrogen and oxygen atoms in total. The number of benzene rings is 1. The largest absolute Gasteiger partial charge is 0.395 e. The SMILES string of the molecule is Cc1cccc(CNC(CO)CO)c1. The summed E-state index contributed by atoms with van der Waals surface area (Å²) in [5.41, 5.74) is 2.38. The Hall–Kier alpha value is -0.900. The lowest BCUT2D eigenvalue weighted by molar-refractivity contribution is 0.170. The van der Waals surface area contributed by atoms with Gasteiger partial charge < -0.3 is 15.5 Å². The number of aryl methyl sites for hydroxylation is 1. The van der Waals surface area contributed by atoms with E-state index in [1.807, 2.05) is 25.1 Å². The first kappa shape index (κ1) is 11.2. The molecule has 0 spiro atoms. The molecule has 0 atom stereocenters. The maximum Gasteiger partial charge on any atom is 0.0607 e. The third-order valence-electron chi connectivity index (χ3n) is 2.12. The number of aliphatic hydroxyl groups is 2. The van der Waals surface area contributed by atoms with E-state index < -0.39 is 0 Å². The van der Waals surface area contributed by atoms with Crippen molar-refractivity contribution in [3.8, 4) is 0 Å². The lowest BCUT2D eigenvalue weighted by Gasteiger charge is -2.13. The van der Waals surface area contributed by atoms with E-state index >= 15 is 0 Å². The second kappa shape index (κ2) is 5.75. The van der Waals surface area contributed by atoms with E-state index in [4.69, 9.17) is 10.2 Å². The van der Waals surface area contributed by atoms with Crippen molar-refractivity contribution < 1.29 is 10.2 Å². The minimum Gasteiger partial charge on any atom is -0.395 e. The predicted octanol–water partition coefficient (Wildman–Crippen LogP) is 0.438. The molecule has 1 rings (SSSR count). The van der Waals surface area contributed by atoms with Crippen molar-refractivity contribution in [3.05, 3.63) is 35.4 Å². The molecule has 0 aliphatic rings. The highest BCUT2D eigenvalue weighted by Gasteiger charge is 2.03. The Bertz CT molecular complexity index is 272. The zero-order valence-electron chi connectivity index (χ0n) is 8.40. The van der Waals surface area contributed by atoms with E-state index in [1.54, 1.807) is 0 Å². The second-order valence-electron chi connectivity index (χ2n) is 3.43. The van der Waals surface area contributed by atoms with Gasteiger partial charge in [0.1, 0.15) is 0 Å². The number of aliphatic hydroxyl groups excluding tert-OH is 2. The molecule has 1 aromatic rings. The van der Waals surface area contributed by atoms with Crippen molar-refractivity contribution >= 4 is 0 Å². The van der Waals surface area contributed by atoms with Crippen LogP contribution < -0.4 is 5.32 Å². The Morgan fingerprint density at radius 1 is 1.29 bits per heavy atom. The van der Waals surface area contributed by atoms with Crippen molar-refractivity contribution in [2.45, 2.75) is 19.5 Å². The molecule has 0 saturated heterocycles. The summed E-state index contributed by atoms with van der Waals surface area (Å²) in [6, 6.07) is 7.92. The van der Waals surface area contributed by atoms with Gasteiger partial charge in [0.25, 0.3) is 0 Å². The number of hydrogen-bond donors (Lipinski definition) is 3. The number of hydrogen-bond acceptors (Lipinski definition) is 3. The van der Waals surface area contributed by atoms with Crippen molar-refractivity contribution in [1.82, 2.24) is 5.32 Å². The fourth-order valence-electron chi connectivity index (χ4n) is 1.27. The number of rotatable bonds is 5. The van der Waals surface area contributed by atoms with Crippen LogP contribution in [0, 0.1) is 6.92 Å². The standard InChI is InChI=1S/C11H17NO2/c1-9-3-2-4-10(5-9)6-12-11(7-13)8-14/h2-5,11-14H,6-8H2,1H3. The van der Waals surface area contributed by atoms with Crippen molar-refractivity contribution in [2.24, 2.45) is 0 Å². The highest BCUT2D eigenvalue weighted by Crippen LogP contribution is 2.03. The van der Waals surface area contributed by atoms with Gasteiger partial charge in [-0.05, 0) is 12.5 Å². The van der Waals surface area contributed by atoms with Gasteiger partial charge in [0.2, 0.25) is 0 Å². The van der Waals surface area contributed by atoms with Crippen molar-refractivity contribution in [1.29, 1.82) is 0 Å². The summed E-state index contributed by atoms with van der Waals surface area (Å²) in [4.78, 5) is 0. The summed E-state index contributed by atoms with van der Waals surface area (Å²) in [6.07, 6.45) is 0. The molecule has 3 heteroatoms. The fourth-order valence-corrected chi connectivity index (χ4v) is 1.27. The molecule has 0 aromatic heterocycles. The Labute approximate surface area is 84.4 Å². The van der Waals surface area contributed by atoms with Gasteiger partial charge in [0.05, 0.1) is 19.3 Å². The van der Waals surface area contributed by atoms with Gasteiger partial charge in [-0.1, -0.05) is 29.8 Å². The quantitative estimate of drug-likeness (QED) is 0.639. The first-order valence-electron chi connectivity index (χ1n) is 4.77. The summed E-state index contributed by atoms with van der Waals surface area (Å²) < 4.78 is 0. The van der Waals surface area contributed by atoms with Crippen LogP contribution in [0.25, 0.3) is 0 Å². The average molecular weight is 195 g/mol. The van der Waals surface area contributed by atoms with E-state index in [9.17, 15) is 0 Å². The van der Waals surface area contributed by atoms with E-state index in [0.717, 1.165) is 5.56 Å². The van der Waals surface area contributed by atoms with E-state index in [-0.39, 0.29) is 19.3 Å². The molecule has 0 radical (unpaired) electrons. The predicted molar refractivity (Wildman–Crippen MR) is 56.0 cm³/mol. The van der Waals surface area contributed by atoms with Gasteiger partial charge in [0.15, 0.2) is 0 Å². The summed E-state index contributed by atoms with van der Waals surface area (Å²) in [5, 5.41) is 20.7. The van der Waals surface area contributed by atoms with Crippen LogP contribution in [0.1, 0.15) is 11.1 Å². The maximum absolute atomic E-state index is 8.84. The van der Waals surface area contributed by atoms with Crippen LogP contribution in [0.3, 0.4) is 0 Å². The molecule has 3 N–H and O–H groups in total. The Morgan fingerprint density at radius 3 is 2.57 bits per heavy atom. The minimum absolute atomic E-state index is 0.0394. The molecule has 0 fully saturated rings. The Balaban J connectivity index is 2.44. The van der Waals surface area contributed by atoms with Crippen LogP contribution in [-0.2, 0) is 6.54 Å². The molecule has 0 amide bonds. The van der Waals surface area contributed by atoms with Gasteiger partial charge in [-0.15, -0.1) is 0 Å². The van der Waals surface area contributed by atoms with Gasteiger partial charge in [-0.3, -0.25) is 0 Å². The monoisotopic (exact) mass is 195 g/mol. The molecule has 0 heterocycles. The summed E-state index contributed by atoms with van der Waals surface area (Å²) in [7, 11) is 0.